The Kier molecular flexibility index (Phi) is 3.57. The van der Waals surface area contributed by atoms with Gasteiger partial charge in [-0.3, -0.25) is 4.79 Å². The van der Waals surface area contributed by atoms with E-state index in [0.29, 0.717) is 0 Å². The fraction of sp³-hybridized carbons (Fsp3) is 0.833. The van der Waals surface area contributed by atoms with Crippen LogP contribution in [0.2, 0.25) is 0 Å². The van der Waals surface area contributed by atoms with Crippen LogP contribution < -0.4 is 0 Å². The lowest BCUT2D eigenvalue weighted by Crippen LogP contribution is -2.46. The third-order valence-corrected chi connectivity index (χ3v) is 1.36. The standard InChI is InChI=1S/C6H11FO4/c1-6(7,3-9)5(11)4(10)2-8/h3-5,8,10-11H,2H2,1H3. The van der Waals surface area contributed by atoms with Crippen LogP contribution in [0.4, 0.5) is 4.39 Å². The van der Waals surface area contributed by atoms with Crippen molar-refractivity contribution in [3.63, 3.8) is 0 Å². The van der Waals surface area contributed by atoms with E-state index < -0.39 is 24.5 Å². The summed E-state index contributed by atoms with van der Waals surface area (Å²) in [6, 6.07) is 0. The quantitative estimate of drug-likeness (QED) is 0.450. The summed E-state index contributed by atoms with van der Waals surface area (Å²) in [5.74, 6) is 0. The number of hydrogen-bond donors (Lipinski definition) is 3. The van der Waals surface area contributed by atoms with E-state index in [4.69, 9.17) is 15.3 Å². The Hall–Kier alpha value is -0.520. The smallest absolute Gasteiger partial charge is 0.191 e. The number of aldehydes is 1. The molecule has 3 N–H and O–H groups in total. The van der Waals surface area contributed by atoms with Gasteiger partial charge in [-0.05, 0) is 6.92 Å². The van der Waals surface area contributed by atoms with E-state index in [1.807, 2.05) is 0 Å². The van der Waals surface area contributed by atoms with Crippen molar-refractivity contribution in [1.82, 2.24) is 0 Å². The highest BCUT2D eigenvalue weighted by Crippen LogP contribution is 2.15. The molecule has 0 saturated heterocycles. The molecule has 0 aliphatic heterocycles. The molecule has 3 unspecified atom stereocenters. The number of rotatable bonds is 4. The van der Waals surface area contributed by atoms with Crippen molar-refractivity contribution in [2.24, 2.45) is 0 Å². The van der Waals surface area contributed by atoms with E-state index in [1.165, 1.54) is 0 Å². The van der Waals surface area contributed by atoms with E-state index >= 15 is 0 Å². The van der Waals surface area contributed by atoms with Gasteiger partial charge in [-0.15, -0.1) is 0 Å². The Morgan fingerprint density at radius 1 is 1.64 bits per heavy atom. The first-order valence-electron chi connectivity index (χ1n) is 3.08. The number of alkyl halides is 1. The van der Waals surface area contributed by atoms with Crippen molar-refractivity contribution in [2.45, 2.75) is 24.8 Å². The summed E-state index contributed by atoms with van der Waals surface area (Å²) in [6.45, 7) is 0.0397. The van der Waals surface area contributed by atoms with E-state index in [2.05, 4.69) is 0 Å². The average molecular weight is 166 g/mol. The SMILES string of the molecule is CC(F)(C=O)C(O)C(O)CO. The number of carbonyl (C=O) groups excluding carboxylic acids is 1. The molecule has 0 bridgehead atoms. The average Bonchev–Trinajstić information content (AvgIpc) is 2.01. The van der Waals surface area contributed by atoms with Gasteiger partial charge in [0.05, 0.1) is 6.61 Å². The van der Waals surface area contributed by atoms with Gasteiger partial charge in [-0.2, -0.15) is 0 Å². The zero-order chi connectivity index (χ0) is 9.07. The third kappa shape index (κ3) is 2.53. The molecule has 0 amide bonds. The molecular weight excluding hydrogens is 155 g/mol. The fourth-order valence-corrected chi connectivity index (χ4v) is 0.546. The molecule has 0 aromatic heterocycles. The molecule has 0 spiro atoms. The zero-order valence-electron chi connectivity index (χ0n) is 6.07. The predicted octanol–water partition coefficient (Wildman–Crippen LogP) is -1.37. The summed E-state index contributed by atoms with van der Waals surface area (Å²) in [5, 5.41) is 25.8. The highest BCUT2D eigenvalue weighted by Gasteiger charge is 2.37. The molecule has 0 fully saturated rings. The van der Waals surface area contributed by atoms with Gasteiger partial charge < -0.3 is 15.3 Å². The minimum atomic E-state index is -2.51. The summed E-state index contributed by atoms with van der Waals surface area (Å²) in [5.41, 5.74) is -2.51. The van der Waals surface area contributed by atoms with Crippen LogP contribution in [0.1, 0.15) is 6.92 Å². The normalized spacial score (nSPS) is 21.9. The number of hydrogen-bond acceptors (Lipinski definition) is 4. The molecule has 0 radical (unpaired) electrons. The van der Waals surface area contributed by atoms with E-state index in [1.54, 1.807) is 0 Å². The maximum atomic E-state index is 12.8. The zero-order valence-corrected chi connectivity index (χ0v) is 6.07. The molecule has 0 aromatic carbocycles. The molecule has 0 heterocycles. The molecule has 5 heteroatoms. The van der Waals surface area contributed by atoms with Gasteiger partial charge in [0.1, 0.15) is 12.2 Å². The Balaban J connectivity index is 4.21. The largest absolute Gasteiger partial charge is 0.394 e. The first-order valence-corrected chi connectivity index (χ1v) is 3.08. The number of carbonyl (C=O) groups is 1. The van der Waals surface area contributed by atoms with Gasteiger partial charge in [0.15, 0.2) is 12.0 Å². The summed E-state index contributed by atoms with van der Waals surface area (Å²) in [7, 11) is 0. The Bertz CT molecular complexity index is 137. The van der Waals surface area contributed by atoms with Gasteiger partial charge in [0, 0.05) is 0 Å². The van der Waals surface area contributed by atoms with Crippen LogP contribution in [-0.4, -0.2) is 46.1 Å². The van der Waals surface area contributed by atoms with Crippen LogP contribution in [0.15, 0.2) is 0 Å². The topological polar surface area (TPSA) is 77.8 Å². The van der Waals surface area contributed by atoms with Crippen molar-refractivity contribution < 1.29 is 24.5 Å². The highest BCUT2D eigenvalue weighted by atomic mass is 19.1. The molecule has 66 valence electrons. The maximum absolute atomic E-state index is 12.8. The van der Waals surface area contributed by atoms with Crippen LogP contribution in [0.25, 0.3) is 0 Å². The molecular formula is C6H11FO4. The lowest BCUT2D eigenvalue weighted by molar-refractivity contribution is -0.133. The molecule has 0 aromatic rings. The van der Waals surface area contributed by atoms with E-state index in [9.17, 15) is 9.18 Å². The second kappa shape index (κ2) is 3.75. The first kappa shape index (κ1) is 10.5. The second-order valence-corrected chi connectivity index (χ2v) is 2.46. The van der Waals surface area contributed by atoms with Gasteiger partial charge in [0.25, 0.3) is 0 Å². The van der Waals surface area contributed by atoms with Crippen LogP contribution in [0, 0.1) is 0 Å². The lowest BCUT2D eigenvalue weighted by atomic mass is 9.99. The summed E-state index contributed by atoms with van der Waals surface area (Å²) in [6.07, 6.45) is -3.63. The molecule has 0 aliphatic rings. The van der Waals surface area contributed by atoms with Gasteiger partial charge in [0.2, 0.25) is 0 Å². The number of halogens is 1. The Morgan fingerprint density at radius 2 is 2.09 bits per heavy atom. The first-order chi connectivity index (χ1) is 4.95. The highest BCUT2D eigenvalue weighted by molar-refractivity contribution is 5.62. The summed E-state index contributed by atoms with van der Waals surface area (Å²) < 4.78 is 12.8. The lowest BCUT2D eigenvalue weighted by Gasteiger charge is -2.23. The fourth-order valence-electron chi connectivity index (χ4n) is 0.546. The Labute approximate surface area is 63.3 Å². The van der Waals surface area contributed by atoms with E-state index in [-0.39, 0.29) is 6.29 Å². The molecule has 4 nitrogen and oxygen atoms in total. The van der Waals surface area contributed by atoms with Crippen molar-refractivity contribution in [3.8, 4) is 0 Å². The molecule has 11 heavy (non-hydrogen) atoms. The number of aliphatic hydroxyl groups is 3. The third-order valence-electron chi connectivity index (χ3n) is 1.36. The van der Waals surface area contributed by atoms with Crippen LogP contribution >= 0.6 is 0 Å². The molecule has 3 atom stereocenters. The van der Waals surface area contributed by atoms with Crippen LogP contribution in [0.3, 0.4) is 0 Å². The maximum Gasteiger partial charge on any atom is 0.191 e. The van der Waals surface area contributed by atoms with Gasteiger partial charge in [-0.1, -0.05) is 0 Å². The van der Waals surface area contributed by atoms with E-state index in [0.717, 1.165) is 6.92 Å². The van der Waals surface area contributed by atoms with Crippen molar-refractivity contribution >= 4 is 6.29 Å². The van der Waals surface area contributed by atoms with Gasteiger partial charge >= 0.3 is 0 Å². The molecule has 0 saturated carbocycles. The minimum absolute atomic E-state index is 0.115. The minimum Gasteiger partial charge on any atom is -0.394 e. The van der Waals surface area contributed by atoms with Crippen molar-refractivity contribution in [1.29, 1.82) is 0 Å². The number of aliphatic hydroxyl groups excluding tert-OH is 3. The van der Waals surface area contributed by atoms with Crippen LogP contribution in [-0.2, 0) is 4.79 Å². The van der Waals surface area contributed by atoms with Crippen LogP contribution in [0.5, 0.6) is 0 Å². The summed E-state index contributed by atoms with van der Waals surface area (Å²) in [4.78, 5) is 9.96. The predicted molar refractivity (Wildman–Crippen MR) is 34.7 cm³/mol. The molecule has 0 rings (SSSR count). The summed E-state index contributed by atoms with van der Waals surface area (Å²) >= 11 is 0. The monoisotopic (exact) mass is 166 g/mol. The Morgan fingerprint density at radius 3 is 2.36 bits per heavy atom. The second-order valence-electron chi connectivity index (χ2n) is 2.46. The molecule has 0 aliphatic carbocycles. The van der Waals surface area contributed by atoms with Crippen molar-refractivity contribution in [2.75, 3.05) is 6.61 Å². The van der Waals surface area contributed by atoms with Gasteiger partial charge in [-0.25, -0.2) is 4.39 Å². The van der Waals surface area contributed by atoms with Crippen molar-refractivity contribution in [3.05, 3.63) is 0 Å².